The van der Waals surface area contributed by atoms with E-state index in [-0.39, 0.29) is 5.95 Å². The largest absolute Gasteiger partial charge is 0.453 e. The summed E-state index contributed by atoms with van der Waals surface area (Å²) in [6.07, 6.45) is -2.77. The van der Waals surface area contributed by atoms with Crippen LogP contribution in [0.15, 0.2) is 48.7 Å². The number of anilines is 1. The van der Waals surface area contributed by atoms with Gasteiger partial charge in [0.25, 0.3) is 5.82 Å². The third kappa shape index (κ3) is 4.83. The number of rotatable bonds is 5. The molecule has 0 bridgehead atoms. The molecule has 7 nitrogen and oxygen atoms in total. The van der Waals surface area contributed by atoms with E-state index < -0.39 is 12.0 Å². The summed E-state index contributed by atoms with van der Waals surface area (Å²) < 4.78 is 43.6. The molecule has 0 spiro atoms. The second-order valence-corrected chi connectivity index (χ2v) is 6.66. The first-order valence-corrected chi connectivity index (χ1v) is 9.12. The Hall–Kier alpha value is -3.14. The van der Waals surface area contributed by atoms with Crippen LogP contribution >= 0.6 is 0 Å². The summed E-state index contributed by atoms with van der Waals surface area (Å²) in [7, 11) is 0. The molecule has 1 aliphatic heterocycles. The van der Waals surface area contributed by atoms with Crippen LogP contribution in [0.4, 0.5) is 19.1 Å². The van der Waals surface area contributed by atoms with Crippen molar-refractivity contribution in [1.29, 1.82) is 0 Å². The molecule has 1 saturated heterocycles. The topological polar surface area (TPSA) is 70.2 Å². The molecule has 0 amide bonds. The van der Waals surface area contributed by atoms with E-state index in [1.165, 1.54) is 0 Å². The molecule has 29 heavy (non-hydrogen) atoms. The van der Waals surface area contributed by atoms with E-state index in [1.807, 2.05) is 42.5 Å². The highest BCUT2D eigenvalue weighted by Gasteiger charge is 2.36. The minimum atomic E-state index is -4.54. The minimum Gasteiger partial charge on any atom is -0.439 e. The molecular weight excluding hydrogens is 385 g/mol. The van der Waals surface area contributed by atoms with Crippen molar-refractivity contribution >= 4 is 5.95 Å². The molecule has 0 atom stereocenters. The highest BCUT2D eigenvalue weighted by Crippen LogP contribution is 2.27. The highest BCUT2D eigenvalue weighted by atomic mass is 19.4. The maximum atomic E-state index is 12.6. The van der Waals surface area contributed by atoms with Gasteiger partial charge in [-0.2, -0.15) is 18.2 Å². The van der Waals surface area contributed by atoms with Gasteiger partial charge >= 0.3 is 6.18 Å². The van der Waals surface area contributed by atoms with E-state index in [4.69, 9.17) is 4.74 Å². The lowest BCUT2D eigenvalue weighted by Gasteiger charge is -2.34. The predicted molar refractivity (Wildman–Crippen MR) is 99.6 cm³/mol. The van der Waals surface area contributed by atoms with Crippen LogP contribution < -0.4 is 9.64 Å². The van der Waals surface area contributed by atoms with Crippen LogP contribution in [0.1, 0.15) is 11.4 Å². The number of halogens is 3. The number of aromatic nitrogens is 4. The van der Waals surface area contributed by atoms with Gasteiger partial charge in [0.2, 0.25) is 11.8 Å². The average Bonchev–Trinajstić information content (AvgIpc) is 3.22. The Morgan fingerprint density at radius 3 is 2.38 bits per heavy atom. The smallest absolute Gasteiger partial charge is 0.439 e. The lowest BCUT2D eigenvalue weighted by atomic mass is 10.2. The molecule has 0 aliphatic carbocycles. The molecule has 0 saturated carbocycles. The maximum absolute atomic E-state index is 12.6. The highest BCUT2D eigenvalue weighted by molar-refractivity contribution is 5.30. The number of hydrogen-bond donors (Lipinski definition) is 1. The Kier molecular flexibility index (Phi) is 5.34. The van der Waals surface area contributed by atoms with Crippen molar-refractivity contribution in [3.05, 3.63) is 60.0 Å². The fraction of sp³-hybridized carbons (Fsp3) is 0.316. The van der Waals surface area contributed by atoms with Crippen LogP contribution in [0.25, 0.3) is 0 Å². The van der Waals surface area contributed by atoms with Crippen molar-refractivity contribution in [2.75, 3.05) is 31.1 Å². The Morgan fingerprint density at radius 1 is 1.00 bits per heavy atom. The molecular formula is C19H19F3N6O. The molecule has 1 fully saturated rings. The first kappa shape index (κ1) is 19.2. The monoisotopic (exact) mass is 404 g/mol. The van der Waals surface area contributed by atoms with Crippen LogP contribution in [0, 0.1) is 0 Å². The van der Waals surface area contributed by atoms with Gasteiger partial charge in [0.1, 0.15) is 5.75 Å². The van der Waals surface area contributed by atoms with Gasteiger partial charge in [-0.1, -0.05) is 24.3 Å². The normalized spacial score (nSPS) is 15.5. The second kappa shape index (κ2) is 8.08. The molecule has 0 radical (unpaired) electrons. The zero-order chi connectivity index (χ0) is 20.3. The number of hydrogen-bond acceptors (Lipinski definition) is 6. The molecule has 152 valence electrons. The van der Waals surface area contributed by atoms with Crippen LogP contribution in [0.2, 0.25) is 0 Å². The summed E-state index contributed by atoms with van der Waals surface area (Å²) in [5, 5.41) is 5.63. The number of para-hydroxylation sites is 1. The number of ether oxygens (including phenoxy) is 1. The van der Waals surface area contributed by atoms with E-state index in [0.717, 1.165) is 11.3 Å². The zero-order valence-electron chi connectivity index (χ0n) is 15.4. The van der Waals surface area contributed by atoms with E-state index in [0.29, 0.717) is 38.6 Å². The number of nitrogens with one attached hydrogen (secondary N) is 1. The molecule has 1 aliphatic rings. The van der Waals surface area contributed by atoms with Crippen LogP contribution in [-0.4, -0.2) is 51.2 Å². The van der Waals surface area contributed by atoms with Crippen molar-refractivity contribution < 1.29 is 17.9 Å². The molecule has 0 unspecified atom stereocenters. The van der Waals surface area contributed by atoms with Gasteiger partial charge in [-0.15, -0.1) is 5.10 Å². The quantitative estimate of drug-likeness (QED) is 0.704. The average molecular weight is 404 g/mol. The van der Waals surface area contributed by atoms with Crippen LogP contribution in [0.5, 0.6) is 11.6 Å². The number of H-pyrrole nitrogens is 1. The van der Waals surface area contributed by atoms with Crippen molar-refractivity contribution in [2.45, 2.75) is 12.7 Å². The molecule has 1 aromatic carbocycles. The summed E-state index contributed by atoms with van der Waals surface area (Å²) in [6, 6.07) is 13.2. The molecule has 4 rings (SSSR count). The maximum Gasteiger partial charge on any atom is 0.453 e. The molecule has 10 heteroatoms. The standard InChI is InChI=1S/C19H19F3N6O/c20-19(21,22)17-24-18(26-25-17)28-10-8-27(9-11-28)13-14-6-7-16(23-12-14)29-15-4-2-1-3-5-15/h1-7,12H,8-11,13H2,(H,24,25,26). The SMILES string of the molecule is FC(F)(F)c1n[nH]c(N2CCN(Cc3ccc(Oc4ccccc4)nc3)CC2)n1. The van der Waals surface area contributed by atoms with Crippen molar-refractivity contribution in [3.63, 3.8) is 0 Å². The number of pyridine rings is 1. The first-order valence-electron chi connectivity index (χ1n) is 9.12. The van der Waals surface area contributed by atoms with Gasteiger partial charge in [-0.05, 0) is 17.7 Å². The number of aromatic amines is 1. The molecule has 2 aromatic heterocycles. The van der Waals surface area contributed by atoms with Crippen molar-refractivity contribution in [3.8, 4) is 11.6 Å². The van der Waals surface area contributed by atoms with Crippen molar-refractivity contribution in [1.82, 2.24) is 25.1 Å². The van der Waals surface area contributed by atoms with Crippen LogP contribution in [-0.2, 0) is 12.7 Å². The van der Waals surface area contributed by atoms with Gasteiger partial charge in [0, 0.05) is 45.0 Å². The Bertz CT molecular complexity index is 921. The number of alkyl halides is 3. The van der Waals surface area contributed by atoms with E-state index in [2.05, 4.69) is 25.1 Å². The summed E-state index contributed by atoms with van der Waals surface area (Å²) >= 11 is 0. The third-order valence-electron chi connectivity index (χ3n) is 4.57. The van der Waals surface area contributed by atoms with Gasteiger partial charge in [0.05, 0.1) is 0 Å². The molecule has 3 heterocycles. The van der Waals surface area contributed by atoms with Crippen LogP contribution in [0.3, 0.4) is 0 Å². The summed E-state index contributed by atoms with van der Waals surface area (Å²) in [4.78, 5) is 11.9. The molecule has 3 aromatic rings. The molecule has 1 N–H and O–H groups in total. The second-order valence-electron chi connectivity index (χ2n) is 6.66. The van der Waals surface area contributed by atoms with Crippen molar-refractivity contribution in [2.24, 2.45) is 0 Å². The van der Waals surface area contributed by atoms with E-state index in [1.54, 1.807) is 11.1 Å². The fourth-order valence-corrected chi connectivity index (χ4v) is 3.07. The predicted octanol–water partition coefficient (Wildman–Crippen LogP) is 3.33. The lowest BCUT2D eigenvalue weighted by Crippen LogP contribution is -2.46. The Balaban J connectivity index is 1.29. The van der Waals surface area contributed by atoms with E-state index >= 15 is 0 Å². The summed E-state index contributed by atoms with van der Waals surface area (Å²) in [6.45, 7) is 3.23. The number of benzene rings is 1. The van der Waals surface area contributed by atoms with Gasteiger partial charge in [0.15, 0.2) is 0 Å². The fourth-order valence-electron chi connectivity index (χ4n) is 3.07. The first-order chi connectivity index (χ1) is 14.0. The Labute approximate surface area is 165 Å². The van der Waals surface area contributed by atoms with Gasteiger partial charge in [-0.3, -0.25) is 4.90 Å². The van der Waals surface area contributed by atoms with E-state index in [9.17, 15) is 13.2 Å². The minimum absolute atomic E-state index is 0.154. The number of piperazine rings is 1. The Morgan fingerprint density at radius 2 is 1.76 bits per heavy atom. The van der Waals surface area contributed by atoms with Gasteiger partial charge < -0.3 is 9.64 Å². The lowest BCUT2D eigenvalue weighted by molar-refractivity contribution is -0.144. The number of nitrogens with zero attached hydrogens (tertiary/aromatic N) is 5. The summed E-state index contributed by atoms with van der Waals surface area (Å²) in [5.41, 5.74) is 1.04. The zero-order valence-corrected chi connectivity index (χ0v) is 15.4. The summed E-state index contributed by atoms with van der Waals surface area (Å²) in [5.74, 6) is 0.264. The van der Waals surface area contributed by atoms with Gasteiger partial charge in [-0.25, -0.2) is 10.1 Å². The third-order valence-corrected chi connectivity index (χ3v) is 4.57.